The first-order valence-corrected chi connectivity index (χ1v) is 7.47. The van der Waals surface area contributed by atoms with Crippen LogP contribution in [0.1, 0.15) is 19.4 Å². The van der Waals surface area contributed by atoms with Gasteiger partial charge in [-0.2, -0.15) is 13.2 Å². The molecular weight excluding hydrogens is 285 g/mol. The summed E-state index contributed by atoms with van der Waals surface area (Å²) in [5, 5.41) is 3.41. The monoisotopic (exact) mass is 304 g/mol. The Morgan fingerprint density at radius 2 is 1.90 bits per heavy atom. The van der Waals surface area contributed by atoms with Gasteiger partial charge in [0.1, 0.15) is 0 Å². The zero-order valence-electron chi connectivity index (χ0n) is 11.6. The Kier molecular flexibility index (Phi) is 4.99. The van der Waals surface area contributed by atoms with Crippen LogP contribution in [0.3, 0.4) is 0 Å². The third-order valence-electron chi connectivity index (χ3n) is 3.44. The van der Waals surface area contributed by atoms with E-state index in [1.165, 1.54) is 0 Å². The summed E-state index contributed by atoms with van der Waals surface area (Å²) in [6.07, 6.45) is 0. The molecule has 0 radical (unpaired) electrons. The Morgan fingerprint density at radius 3 is 2.50 bits per heavy atom. The average Bonchev–Trinajstić information content (AvgIpc) is 2.34. The molecule has 0 aliphatic carbocycles. The summed E-state index contributed by atoms with van der Waals surface area (Å²) in [4.78, 5) is 2.59. The number of halogens is 3. The van der Waals surface area contributed by atoms with Gasteiger partial charge in [0.05, 0.1) is 0 Å². The minimum Gasteiger partial charge on any atom is -0.311 e. The summed E-state index contributed by atoms with van der Waals surface area (Å²) in [5.74, 6) is 0. The van der Waals surface area contributed by atoms with Crippen molar-refractivity contribution in [2.75, 3.05) is 13.1 Å². The van der Waals surface area contributed by atoms with Crippen LogP contribution in [-0.2, 0) is 6.54 Å². The van der Waals surface area contributed by atoms with Crippen molar-refractivity contribution < 1.29 is 13.2 Å². The van der Waals surface area contributed by atoms with Gasteiger partial charge < -0.3 is 5.32 Å². The maximum absolute atomic E-state index is 12.3. The fourth-order valence-corrected chi connectivity index (χ4v) is 2.89. The van der Waals surface area contributed by atoms with Crippen LogP contribution in [0.4, 0.5) is 13.2 Å². The summed E-state index contributed by atoms with van der Waals surface area (Å²) >= 11 is -0.0672. The molecule has 0 saturated carbocycles. The number of thioether (sulfide) groups is 1. The molecule has 1 N–H and O–H groups in total. The van der Waals surface area contributed by atoms with E-state index in [9.17, 15) is 13.2 Å². The van der Waals surface area contributed by atoms with Gasteiger partial charge in [0, 0.05) is 36.6 Å². The van der Waals surface area contributed by atoms with Gasteiger partial charge in [-0.3, -0.25) is 4.90 Å². The van der Waals surface area contributed by atoms with Crippen LogP contribution in [0.15, 0.2) is 29.2 Å². The van der Waals surface area contributed by atoms with E-state index in [1.807, 2.05) is 0 Å². The maximum atomic E-state index is 12.3. The molecule has 1 aliphatic rings. The molecular formula is C14H19F3N2S. The molecule has 6 heteroatoms. The van der Waals surface area contributed by atoms with Crippen molar-refractivity contribution in [2.45, 2.75) is 42.9 Å². The number of hydrogen-bond donors (Lipinski definition) is 1. The van der Waals surface area contributed by atoms with Crippen LogP contribution >= 0.6 is 11.8 Å². The standard InChI is InChI=1S/C14H19F3N2S/c1-10-8-19(11(2)7-18-10)9-12-3-5-13(6-4-12)20-14(15,16)17/h3-6,10-11,18H,7-9H2,1-2H3. The number of benzene rings is 1. The Hall–Kier alpha value is -0.720. The van der Waals surface area contributed by atoms with Crippen molar-refractivity contribution in [3.8, 4) is 0 Å². The van der Waals surface area contributed by atoms with Gasteiger partial charge in [0.15, 0.2) is 0 Å². The third-order valence-corrected chi connectivity index (χ3v) is 4.18. The molecule has 0 spiro atoms. The molecule has 2 rings (SSSR count). The van der Waals surface area contributed by atoms with Crippen molar-refractivity contribution in [1.82, 2.24) is 10.2 Å². The van der Waals surface area contributed by atoms with Gasteiger partial charge in [-0.1, -0.05) is 12.1 Å². The third kappa shape index (κ3) is 4.68. The lowest BCUT2D eigenvalue weighted by Gasteiger charge is -2.37. The van der Waals surface area contributed by atoms with Crippen molar-refractivity contribution >= 4 is 11.8 Å². The Labute approximate surface area is 121 Å². The molecule has 112 valence electrons. The second kappa shape index (κ2) is 6.37. The van der Waals surface area contributed by atoms with E-state index in [-0.39, 0.29) is 16.7 Å². The second-order valence-corrected chi connectivity index (χ2v) is 6.42. The lowest BCUT2D eigenvalue weighted by atomic mass is 10.1. The molecule has 1 aliphatic heterocycles. The highest BCUT2D eigenvalue weighted by atomic mass is 32.2. The molecule has 1 aromatic rings. The topological polar surface area (TPSA) is 15.3 Å². The van der Waals surface area contributed by atoms with E-state index in [0.717, 1.165) is 25.2 Å². The molecule has 1 heterocycles. The first kappa shape index (κ1) is 15.7. The van der Waals surface area contributed by atoms with E-state index < -0.39 is 5.51 Å². The lowest BCUT2D eigenvalue weighted by molar-refractivity contribution is -0.0328. The highest BCUT2D eigenvalue weighted by Gasteiger charge is 2.29. The predicted octanol–water partition coefficient (Wildman–Crippen LogP) is 3.48. The summed E-state index contributed by atoms with van der Waals surface area (Å²) in [6.45, 7) is 6.99. The Balaban J connectivity index is 1.96. The molecule has 2 atom stereocenters. The van der Waals surface area contributed by atoms with Crippen LogP contribution in [-0.4, -0.2) is 35.6 Å². The number of nitrogens with zero attached hydrogens (tertiary/aromatic N) is 1. The molecule has 1 saturated heterocycles. The van der Waals surface area contributed by atoms with Gasteiger partial charge in [0.25, 0.3) is 0 Å². The van der Waals surface area contributed by atoms with Crippen LogP contribution in [0.25, 0.3) is 0 Å². The van der Waals surface area contributed by atoms with E-state index in [1.54, 1.807) is 24.3 Å². The summed E-state index contributed by atoms with van der Waals surface area (Å²) in [6, 6.07) is 7.55. The largest absolute Gasteiger partial charge is 0.446 e. The van der Waals surface area contributed by atoms with E-state index >= 15 is 0 Å². The first-order valence-electron chi connectivity index (χ1n) is 6.65. The van der Waals surface area contributed by atoms with Crippen LogP contribution < -0.4 is 5.32 Å². The average molecular weight is 304 g/mol. The molecule has 1 fully saturated rings. The highest BCUT2D eigenvalue weighted by Crippen LogP contribution is 2.36. The smallest absolute Gasteiger partial charge is 0.311 e. The van der Waals surface area contributed by atoms with Gasteiger partial charge in [-0.05, 0) is 43.3 Å². The van der Waals surface area contributed by atoms with Gasteiger partial charge >= 0.3 is 5.51 Å². The SMILES string of the molecule is CC1CN(Cc2ccc(SC(F)(F)F)cc2)C(C)CN1. The normalized spacial score (nSPS) is 24.9. The predicted molar refractivity (Wildman–Crippen MR) is 75.7 cm³/mol. The molecule has 0 aromatic heterocycles. The summed E-state index contributed by atoms with van der Waals surface area (Å²) < 4.78 is 36.8. The molecule has 1 aromatic carbocycles. The molecule has 2 nitrogen and oxygen atoms in total. The minimum atomic E-state index is -4.22. The molecule has 20 heavy (non-hydrogen) atoms. The quantitative estimate of drug-likeness (QED) is 0.861. The molecule has 0 amide bonds. The van der Waals surface area contributed by atoms with Gasteiger partial charge in [-0.25, -0.2) is 0 Å². The van der Waals surface area contributed by atoms with Gasteiger partial charge in [-0.15, -0.1) is 0 Å². The second-order valence-electron chi connectivity index (χ2n) is 5.28. The molecule has 2 unspecified atom stereocenters. The zero-order valence-corrected chi connectivity index (χ0v) is 12.4. The van der Waals surface area contributed by atoms with E-state index in [0.29, 0.717) is 12.1 Å². The maximum Gasteiger partial charge on any atom is 0.446 e. The fraction of sp³-hybridized carbons (Fsp3) is 0.571. The number of hydrogen-bond acceptors (Lipinski definition) is 3. The van der Waals surface area contributed by atoms with Crippen molar-refractivity contribution in [3.63, 3.8) is 0 Å². The first-order chi connectivity index (χ1) is 9.33. The van der Waals surface area contributed by atoms with Crippen LogP contribution in [0, 0.1) is 0 Å². The Bertz CT molecular complexity index is 433. The van der Waals surface area contributed by atoms with Crippen molar-refractivity contribution in [1.29, 1.82) is 0 Å². The van der Waals surface area contributed by atoms with Crippen LogP contribution in [0.5, 0.6) is 0 Å². The Morgan fingerprint density at radius 1 is 1.25 bits per heavy atom. The number of nitrogens with one attached hydrogen (secondary N) is 1. The van der Waals surface area contributed by atoms with E-state index in [4.69, 9.17) is 0 Å². The number of piperazine rings is 1. The fourth-order valence-electron chi connectivity index (χ4n) is 2.35. The summed E-state index contributed by atoms with van der Waals surface area (Å²) in [5.41, 5.74) is -3.17. The number of alkyl halides is 3. The lowest BCUT2D eigenvalue weighted by Crippen LogP contribution is -2.53. The van der Waals surface area contributed by atoms with Gasteiger partial charge in [0.2, 0.25) is 0 Å². The van der Waals surface area contributed by atoms with Crippen molar-refractivity contribution in [2.24, 2.45) is 0 Å². The van der Waals surface area contributed by atoms with E-state index in [2.05, 4.69) is 24.1 Å². The van der Waals surface area contributed by atoms with Crippen LogP contribution in [0.2, 0.25) is 0 Å². The number of rotatable bonds is 3. The van der Waals surface area contributed by atoms with Crippen molar-refractivity contribution in [3.05, 3.63) is 29.8 Å². The zero-order chi connectivity index (χ0) is 14.8. The summed E-state index contributed by atoms with van der Waals surface area (Å²) in [7, 11) is 0. The molecule has 0 bridgehead atoms. The minimum absolute atomic E-state index is 0.0672. The highest BCUT2D eigenvalue weighted by molar-refractivity contribution is 8.00.